The topological polar surface area (TPSA) is 149 Å². The standard InChI is InChI=1S/C42H72O8/c1-5-9-13-17-21-25-29-33-35(37(43)44)36(38(45)46)34(30-26-22-18-14-10-6-2)42(40(49)50,32-28-24-20-16-12-8-4)41(33,39(47)48)31-27-23-19-15-11-7-3/h5-32H2,1-4H3,(H,43,44)(H,45,46)(H,47,48)(H,49,50). The molecule has 0 spiro atoms. The molecule has 0 aromatic heterocycles. The maximum absolute atomic E-state index is 14.1. The molecule has 0 aliphatic heterocycles. The minimum absolute atomic E-state index is 0.0130. The molecule has 2 atom stereocenters. The number of unbranched alkanes of at least 4 members (excludes halogenated alkanes) is 20. The summed E-state index contributed by atoms with van der Waals surface area (Å²) in [6.07, 6.45) is 20.8. The maximum Gasteiger partial charge on any atom is 0.336 e. The van der Waals surface area contributed by atoms with E-state index in [-0.39, 0.29) is 36.8 Å². The molecule has 0 fully saturated rings. The van der Waals surface area contributed by atoms with E-state index < -0.39 is 45.9 Å². The molecular weight excluding hydrogens is 632 g/mol. The summed E-state index contributed by atoms with van der Waals surface area (Å²) in [5.41, 5.74) is -5.03. The lowest BCUT2D eigenvalue weighted by atomic mass is 9.47. The Hall–Kier alpha value is -2.64. The summed E-state index contributed by atoms with van der Waals surface area (Å²) in [6, 6.07) is 0. The van der Waals surface area contributed by atoms with Crippen LogP contribution in [-0.2, 0) is 19.2 Å². The Labute approximate surface area is 303 Å². The third-order valence-electron chi connectivity index (χ3n) is 11.1. The van der Waals surface area contributed by atoms with Crippen molar-refractivity contribution in [1.29, 1.82) is 0 Å². The highest BCUT2D eigenvalue weighted by molar-refractivity contribution is 6.11. The Kier molecular flexibility index (Phi) is 23.0. The molecule has 4 N–H and O–H groups in total. The maximum atomic E-state index is 14.1. The van der Waals surface area contributed by atoms with Gasteiger partial charge >= 0.3 is 23.9 Å². The lowest BCUT2D eigenvalue weighted by molar-refractivity contribution is -0.170. The molecule has 288 valence electrons. The molecule has 1 rings (SSSR count). The molecule has 0 bridgehead atoms. The fraction of sp³-hybridized carbons (Fsp3) is 0.810. The lowest BCUT2D eigenvalue weighted by Gasteiger charge is -2.52. The predicted molar refractivity (Wildman–Crippen MR) is 201 cm³/mol. The Balaban J connectivity index is 4.07. The third-order valence-corrected chi connectivity index (χ3v) is 11.1. The van der Waals surface area contributed by atoms with Gasteiger partial charge in [0.1, 0.15) is 10.8 Å². The van der Waals surface area contributed by atoms with Crippen molar-refractivity contribution in [3.8, 4) is 0 Å². The van der Waals surface area contributed by atoms with E-state index in [0.717, 1.165) is 116 Å². The normalized spacial score (nSPS) is 19.3. The number of rotatable bonds is 32. The van der Waals surface area contributed by atoms with Crippen LogP contribution in [0.1, 0.15) is 207 Å². The summed E-state index contributed by atoms with van der Waals surface area (Å²) in [4.78, 5) is 54.7. The highest BCUT2D eigenvalue weighted by Crippen LogP contribution is 2.63. The number of carbonyl (C=O) groups is 4. The smallest absolute Gasteiger partial charge is 0.336 e. The average Bonchev–Trinajstić information content (AvgIpc) is 3.07. The Morgan fingerprint density at radius 3 is 0.860 bits per heavy atom. The van der Waals surface area contributed by atoms with Gasteiger partial charge in [-0.15, -0.1) is 0 Å². The van der Waals surface area contributed by atoms with Crippen LogP contribution in [0.4, 0.5) is 0 Å². The van der Waals surface area contributed by atoms with E-state index in [1.165, 1.54) is 0 Å². The molecule has 0 saturated carbocycles. The molecule has 1 aliphatic carbocycles. The van der Waals surface area contributed by atoms with E-state index >= 15 is 0 Å². The van der Waals surface area contributed by atoms with Gasteiger partial charge in [0.2, 0.25) is 0 Å². The van der Waals surface area contributed by atoms with Gasteiger partial charge in [-0.1, -0.05) is 169 Å². The molecule has 2 unspecified atom stereocenters. The largest absolute Gasteiger partial charge is 0.481 e. The molecule has 0 saturated heterocycles. The molecular formula is C42H72O8. The van der Waals surface area contributed by atoms with Gasteiger partial charge in [0.25, 0.3) is 0 Å². The first-order valence-corrected chi connectivity index (χ1v) is 20.5. The quantitative estimate of drug-likeness (QED) is 0.0505. The van der Waals surface area contributed by atoms with Crippen molar-refractivity contribution in [3.63, 3.8) is 0 Å². The van der Waals surface area contributed by atoms with Crippen molar-refractivity contribution in [3.05, 3.63) is 22.3 Å². The molecule has 8 heteroatoms. The van der Waals surface area contributed by atoms with E-state index in [1.807, 2.05) is 0 Å². The van der Waals surface area contributed by atoms with Crippen molar-refractivity contribution in [2.75, 3.05) is 0 Å². The zero-order valence-corrected chi connectivity index (χ0v) is 32.2. The van der Waals surface area contributed by atoms with E-state index in [9.17, 15) is 39.6 Å². The fourth-order valence-corrected chi connectivity index (χ4v) is 8.46. The van der Waals surface area contributed by atoms with Crippen LogP contribution in [0.15, 0.2) is 22.3 Å². The van der Waals surface area contributed by atoms with Crippen LogP contribution >= 0.6 is 0 Å². The van der Waals surface area contributed by atoms with Crippen molar-refractivity contribution in [2.24, 2.45) is 10.8 Å². The third kappa shape index (κ3) is 12.5. The van der Waals surface area contributed by atoms with Gasteiger partial charge in [-0.2, -0.15) is 0 Å². The second-order valence-electron chi connectivity index (χ2n) is 14.8. The van der Waals surface area contributed by atoms with Gasteiger partial charge in [-0.25, -0.2) is 9.59 Å². The summed E-state index contributed by atoms with van der Waals surface area (Å²) in [5.74, 6) is -5.61. The van der Waals surface area contributed by atoms with Gasteiger partial charge in [0.05, 0.1) is 11.1 Å². The van der Waals surface area contributed by atoms with E-state index in [0.29, 0.717) is 38.5 Å². The Morgan fingerprint density at radius 2 is 0.620 bits per heavy atom. The second-order valence-corrected chi connectivity index (χ2v) is 14.8. The van der Waals surface area contributed by atoms with E-state index in [1.54, 1.807) is 0 Å². The van der Waals surface area contributed by atoms with Crippen molar-refractivity contribution >= 4 is 23.9 Å². The second kappa shape index (κ2) is 25.3. The van der Waals surface area contributed by atoms with Crippen LogP contribution in [0.3, 0.4) is 0 Å². The molecule has 50 heavy (non-hydrogen) atoms. The molecule has 0 amide bonds. The van der Waals surface area contributed by atoms with Gasteiger partial charge in [0, 0.05) is 0 Å². The van der Waals surface area contributed by atoms with Gasteiger partial charge < -0.3 is 20.4 Å². The Bertz CT molecular complexity index is 1020. The summed E-state index contributed by atoms with van der Waals surface area (Å²) >= 11 is 0. The molecule has 8 nitrogen and oxygen atoms in total. The van der Waals surface area contributed by atoms with Crippen LogP contribution in [0.5, 0.6) is 0 Å². The highest BCUT2D eigenvalue weighted by atomic mass is 16.4. The van der Waals surface area contributed by atoms with Crippen molar-refractivity contribution in [1.82, 2.24) is 0 Å². The van der Waals surface area contributed by atoms with Crippen LogP contribution in [0, 0.1) is 10.8 Å². The highest BCUT2D eigenvalue weighted by Gasteiger charge is 2.67. The first-order valence-electron chi connectivity index (χ1n) is 20.5. The van der Waals surface area contributed by atoms with Crippen LogP contribution in [-0.4, -0.2) is 44.3 Å². The van der Waals surface area contributed by atoms with Crippen LogP contribution in [0.2, 0.25) is 0 Å². The van der Waals surface area contributed by atoms with Crippen molar-refractivity contribution in [2.45, 2.75) is 207 Å². The average molecular weight is 705 g/mol. The SMILES string of the molecule is CCCCCCCCC1=C(C(=O)O)C(C(=O)O)=C(CCCCCCCC)C(CCCCCCCC)(C(=O)O)C1(CCCCCCCC)C(=O)O. The molecule has 0 aromatic rings. The zero-order valence-electron chi connectivity index (χ0n) is 32.2. The lowest BCUT2D eigenvalue weighted by Crippen LogP contribution is -2.58. The number of carboxylic acids is 4. The fourth-order valence-electron chi connectivity index (χ4n) is 8.46. The monoisotopic (exact) mass is 705 g/mol. The number of carboxylic acid groups (broad SMARTS) is 4. The molecule has 0 aromatic carbocycles. The number of hydrogen-bond donors (Lipinski definition) is 4. The zero-order chi connectivity index (χ0) is 37.4. The van der Waals surface area contributed by atoms with E-state index in [2.05, 4.69) is 27.7 Å². The first kappa shape index (κ1) is 45.4. The van der Waals surface area contributed by atoms with Gasteiger partial charge in [-0.3, -0.25) is 9.59 Å². The number of aliphatic carboxylic acids is 4. The predicted octanol–water partition coefficient (Wildman–Crippen LogP) is 11.9. The summed E-state index contributed by atoms with van der Waals surface area (Å²) < 4.78 is 0. The van der Waals surface area contributed by atoms with Gasteiger partial charge in [-0.05, 0) is 49.7 Å². The summed E-state index contributed by atoms with van der Waals surface area (Å²) in [7, 11) is 0. The molecule has 1 aliphatic rings. The Morgan fingerprint density at radius 1 is 0.380 bits per heavy atom. The first-order chi connectivity index (χ1) is 24.0. The van der Waals surface area contributed by atoms with E-state index in [4.69, 9.17) is 0 Å². The minimum Gasteiger partial charge on any atom is -0.481 e. The summed E-state index contributed by atoms with van der Waals surface area (Å²) in [5, 5.41) is 44.5. The molecule has 0 heterocycles. The minimum atomic E-state index is -2.05. The van der Waals surface area contributed by atoms with Gasteiger partial charge in [0.15, 0.2) is 0 Å². The van der Waals surface area contributed by atoms with Crippen LogP contribution in [0.25, 0.3) is 0 Å². The molecule has 0 radical (unpaired) electrons. The summed E-state index contributed by atoms with van der Waals surface area (Å²) in [6.45, 7) is 8.48. The number of hydrogen-bond acceptors (Lipinski definition) is 4. The van der Waals surface area contributed by atoms with Crippen LogP contribution < -0.4 is 0 Å². The van der Waals surface area contributed by atoms with Crippen molar-refractivity contribution < 1.29 is 39.6 Å².